The molecule has 0 radical (unpaired) electrons. The lowest BCUT2D eigenvalue weighted by Crippen LogP contribution is -2.30. The van der Waals surface area contributed by atoms with E-state index in [0.717, 1.165) is 12.1 Å². The zero-order valence-corrected chi connectivity index (χ0v) is 16.9. The van der Waals surface area contributed by atoms with Gasteiger partial charge in [0.25, 0.3) is 5.91 Å². The molecule has 3 rings (SSSR count). The summed E-state index contributed by atoms with van der Waals surface area (Å²) in [5, 5.41) is 4.06. The molecule has 1 amide bonds. The normalized spacial score (nSPS) is 15.1. The van der Waals surface area contributed by atoms with E-state index in [0.29, 0.717) is 16.3 Å². The van der Waals surface area contributed by atoms with E-state index in [-0.39, 0.29) is 30.2 Å². The molecule has 30 heavy (non-hydrogen) atoms. The Balaban J connectivity index is 1.92. The van der Waals surface area contributed by atoms with E-state index < -0.39 is 23.6 Å². The van der Waals surface area contributed by atoms with Gasteiger partial charge in [0.2, 0.25) is 0 Å². The number of benzene rings is 2. The summed E-state index contributed by atoms with van der Waals surface area (Å²) < 4.78 is 39.0. The first-order valence-electron chi connectivity index (χ1n) is 9.12. The summed E-state index contributed by atoms with van der Waals surface area (Å²) in [6, 6.07) is 9.35. The van der Waals surface area contributed by atoms with E-state index in [1.165, 1.54) is 23.1 Å². The van der Waals surface area contributed by atoms with Gasteiger partial charge in [-0.05, 0) is 41.8 Å². The lowest BCUT2D eigenvalue weighted by molar-refractivity contribution is -0.144. The van der Waals surface area contributed by atoms with Crippen LogP contribution in [0.2, 0.25) is 5.02 Å². The van der Waals surface area contributed by atoms with Gasteiger partial charge in [-0.25, -0.2) is 4.79 Å². The third-order valence-electron chi connectivity index (χ3n) is 4.36. The fraction of sp³-hybridized carbons (Fsp3) is 0.286. The Labute approximate surface area is 176 Å². The molecule has 0 saturated carbocycles. The first kappa shape index (κ1) is 21.8. The largest absolute Gasteiger partial charge is 0.416 e. The smallest absolute Gasteiger partial charge is 0.317 e. The van der Waals surface area contributed by atoms with Gasteiger partial charge < -0.3 is 9.74 Å². The molecule has 158 valence electrons. The molecular weight excluding hydrogens is 421 g/mol. The quantitative estimate of drug-likeness (QED) is 0.476. The van der Waals surface area contributed by atoms with Gasteiger partial charge in [-0.2, -0.15) is 13.2 Å². The second-order valence-electron chi connectivity index (χ2n) is 7.25. The average Bonchev–Trinajstić information content (AvgIpc) is 2.90. The summed E-state index contributed by atoms with van der Waals surface area (Å²) in [6.45, 7) is 3.55. The number of halogens is 4. The Kier molecular flexibility index (Phi) is 6.17. The van der Waals surface area contributed by atoms with Crippen LogP contribution in [0.15, 0.2) is 47.6 Å². The number of nitrogens with zero attached hydrogens (tertiary/aromatic N) is 2. The molecule has 0 aliphatic carbocycles. The second kappa shape index (κ2) is 8.47. The summed E-state index contributed by atoms with van der Waals surface area (Å²) in [4.78, 5) is 30.9. The number of hydrogen-bond donors (Lipinski definition) is 0. The summed E-state index contributed by atoms with van der Waals surface area (Å²) >= 11 is 6.03. The number of amides is 1. The van der Waals surface area contributed by atoms with Crippen molar-refractivity contribution in [3.63, 3.8) is 0 Å². The number of hydrogen-bond acceptors (Lipinski definition) is 4. The minimum Gasteiger partial charge on any atom is -0.317 e. The van der Waals surface area contributed by atoms with Crippen molar-refractivity contribution in [1.29, 1.82) is 0 Å². The van der Waals surface area contributed by atoms with E-state index in [1.54, 1.807) is 12.1 Å². The van der Waals surface area contributed by atoms with Gasteiger partial charge in [-0.15, -0.1) is 0 Å². The van der Waals surface area contributed by atoms with Crippen molar-refractivity contribution in [2.24, 2.45) is 11.1 Å². The zero-order valence-electron chi connectivity index (χ0n) is 16.2. The second-order valence-corrected chi connectivity index (χ2v) is 7.69. The minimum atomic E-state index is -4.49. The first-order valence-corrected chi connectivity index (χ1v) is 9.50. The molecule has 0 aromatic heterocycles. The highest BCUT2D eigenvalue weighted by Gasteiger charge is 2.36. The number of oxime groups is 1. The molecule has 0 saturated heterocycles. The van der Waals surface area contributed by atoms with Gasteiger partial charge in [0.1, 0.15) is 0 Å². The van der Waals surface area contributed by atoms with Crippen LogP contribution >= 0.6 is 11.6 Å². The highest BCUT2D eigenvalue weighted by atomic mass is 35.5. The van der Waals surface area contributed by atoms with Gasteiger partial charge >= 0.3 is 12.1 Å². The van der Waals surface area contributed by atoms with Gasteiger partial charge in [-0.1, -0.05) is 42.7 Å². The van der Waals surface area contributed by atoms with Crippen LogP contribution in [0.5, 0.6) is 0 Å². The van der Waals surface area contributed by atoms with Crippen LogP contribution in [0, 0.1) is 5.92 Å². The Bertz CT molecular complexity index is 1020. The molecule has 9 heteroatoms. The van der Waals surface area contributed by atoms with Crippen molar-refractivity contribution < 1.29 is 27.6 Å². The van der Waals surface area contributed by atoms with Gasteiger partial charge in [0.05, 0.1) is 24.2 Å². The van der Waals surface area contributed by atoms with Crippen LogP contribution in [0.25, 0.3) is 0 Å². The Morgan fingerprint density at radius 1 is 1.20 bits per heavy atom. The van der Waals surface area contributed by atoms with Gasteiger partial charge in [0, 0.05) is 10.6 Å². The van der Waals surface area contributed by atoms with E-state index in [1.807, 2.05) is 13.8 Å². The van der Waals surface area contributed by atoms with Crippen molar-refractivity contribution in [2.45, 2.75) is 33.0 Å². The number of carbonyl (C=O) groups is 2. The predicted octanol–water partition coefficient (Wildman–Crippen LogP) is 5.20. The summed E-state index contributed by atoms with van der Waals surface area (Å²) in [6.07, 6.45) is -4.37. The Morgan fingerprint density at radius 3 is 2.60 bits per heavy atom. The molecule has 1 aliphatic heterocycles. The molecule has 2 aromatic rings. The van der Waals surface area contributed by atoms with E-state index in [2.05, 4.69) is 5.16 Å². The molecule has 1 heterocycles. The Hall–Kier alpha value is -2.87. The molecule has 0 bridgehead atoms. The third kappa shape index (κ3) is 4.81. The maximum Gasteiger partial charge on any atom is 0.416 e. The summed E-state index contributed by atoms with van der Waals surface area (Å²) in [5.74, 6) is -1.14. The molecular formula is C21H18ClF3N2O3. The highest BCUT2D eigenvalue weighted by Crippen LogP contribution is 2.34. The molecule has 5 nitrogen and oxygen atoms in total. The SMILES string of the molecule is CC(C)CC(=O)O/N=C1\C(=O)N(Cc2cccc(C(F)(F)F)c2)c2ccc(Cl)cc21. The fourth-order valence-electron chi connectivity index (χ4n) is 3.03. The fourth-order valence-corrected chi connectivity index (χ4v) is 3.20. The maximum atomic E-state index is 13.0. The van der Waals surface area contributed by atoms with Crippen molar-refractivity contribution in [1.82, 2.24) is 0 Å². The van der Waals surface area contributed by atoms with Crippen LogP contribution in [0.4, 0.5) is 18.9 Å². The average molecular weight is 439 g/mol. The van der Waals surface area contributed by atoms with Crippen molar-refractivity contribution in [3.05, 3.63) is 64.2 Å². The maximum absolute atomic E-state index is 13.0. The van der Waals surface area contributed by atoms with E-state index in [9.17, 15) is 22.8 Å². The number of anilines is 1. The van der Waals surface area contributed by atoms with Crippen LogP contribution in [-0.2, 0) is 27.1 Å². The van der Waals surface area contributed by atoms with E-state index in [4.69, 9.17) is 16.4 Å². The van der Waals surface area contributed by atoms with Crippen molar-refractivity contribution in [3.8, 4) is 0 Å². The van der Waals surface area contributed by atoms with Crippen molar-refractivity contribution in [2.75, 3.05) is 4.90 Å². The lowest BCUT2D eigenvalue weighted by atomic mass is 10.1. The standard InChI is InChI=1S/C21H18ClF3N2O3/c1-12(2)8-18(28)30-26-19-16-10-15(22)6-7-17(16)27(20(19)29)11-13-4-3-5-14(9-13)21(23,24)25/h3-7,9-10,12H,8,11H2,1-2H3/b26-19-. The van der Waals surface area contributed by atoms with Crippen LogP contribution < -0.4 is 4.90 Å². The van der Waals surface area contributed by atoms with Crippen LogP contribution in [0.1, 0.15) is 37.0 Å². The van der Waals surface area contributed by atoms with E-state index >= 15 is 0 Å². The first-order chi connectivity index (χ1) is 14.1. The topological polar surface area (TPSA) is 59.0 Å². The molecule has 0 fully saturated rings. The third-order valence-corrected chi connectivity index (χ3v) is 4.60. The minimum absolute atomic E-state index is 0.0520. The summed E-state index contributed by atoms with van der Waals surface area (Å²) in [7, 11) is 0. The van der Waals surface area contributed by atoms with Crippen LogP contribution in [0.3, 0.4) is 0 Å². The van der Waals surface area contributed by atoms with Gasteiger partial charge in [0.15, 0.2) is 5.71 Å². The number of rotatable bonds is 5. The monoisotopic (exact) mass is 438 g/mol. The predicted molar refractivity (Wildman–Crippen MR) is 106 cm³/mol. The zero-order chi connectivity index (χ0) is 22.1. The van der Waals surface area contributed by atoms with Crippen molar-refractivity contribution >= 4 is 34.9 Å². The molecule has 0 spiro atoms. The lowest BCUT2D eigenvalue weighted by Gasteiger charge is -2.18. The molecule has 2 aromatic carbocycles. The molecule has 1 aliphatic rings. The Morgan fingerprint density at radius 2 is 1.93 bits per heavy atom. The van der Waals surface area contributed by atoms with Gasteiger partial charge in [-0.3, -0.25) is 4.79 Å². The van der Waals surface area contributed by atoms with Crippen LogP contribution in [-0.4, -0.2) is 17.6 Å². The number of fused-ring (bicyclic) bond motifs is 1. The molecule has 0 N–H and O–H groups in total. The number of carbonyl (C=O) groups excluding carboxylic acids is 2. The highest BCUT2D eigenvalue weighted by molar-refractivity contribution is 6.54. The molecule has 0 atom stereocenters. The molecule has 0 unspecified atom stereocenters. The summed E-state index contributed by atoms with van der Waals surface area (Å²) in [5.41, 5.74) is 0.116. The number of alkyl halides is 3.